The molecule has 2 aromatic carbocycles. The maximum Gasteiger partial charge on any atom is 0.247 e. The lowest BCUT2D eigenvalue weighted by atomic mass is 10.1. The molecule has 1 amide bonds. The van der Waals surface area contributed by atoms with Gasteiger partial charge in [-0.1, -0.05) is 48.5 Å². The Labute approximate surface area is 152 Å². The summed E-state index contributed by atoms with van der Waals surface area (Å²) in [5.74, 6) is 0.00670. The SMILES string of the molecule is O=C(NCCc1c[nH]c2ccccc12)[C@H](c1ccccc1)n1cccc1. The molecule has 0 aliphatic heterocycles. The van der Waals surface area contributed by atoms with E-state index in [-0.39, 0.29) is 11.9 Å². The highest BCUT2D eigenvalue weighted by molar-refractivity contribution is 5.84. The van der Waals surface area contributed by atoms with Crippen LogP contribution in [0.25, 0.3) is 10.9 Å². The first-order valence-corrected chi connectivity index (χ1v) is 8.83. The molecule has 4 rings (SSSR count). The Balaban J connectivity index is 1.47. The van der Waals surface area contributed by atoms with Crippen LogP contribution in [-0.4, -0.2) is 22.0 Å². The first-order chi connectivity index (χ1) is 12.8. The van der Waals surface area contributed by atoms with E-state index in [1.165, 1.54) is 10.9 Å². The Morgan fingerprint density at radius 2 is 1.69 bits per heavy atom. The molecule has 0 bridgehead atoms. The van der Waals surface area contributed by atoms with Crippen LogP contribution in [0.1, 0.15) is 17.2 Å². The molecular weight excluding hydrogens is 322 g/mol. The predicted molar refractivity (Wildman–Crippen MR) is 104 cm³/mol. The summed E-state index contributed by atoms with van der Waals surface area (Å²) in [7, 11) is 0. The highest BCUT2D eigenvalue weighted by Gasteiger charge is 2.21. The summed E-state index contributed by atoms with van der Waals surface area (Å²) in [6, 6.07) is 21.6. The van der Waals surface area contributed by atoms with Crippen LogP contribution in [0.15, 0.2) is 85.3 Å². The molecule has 2 aromatic heterocycles. The minimum absolute atomic E-state index is 0.00670. The number of para-hydroxylation sites is 1. The zero-order chi connectivity index (χ0) is 17.8. The van der Waals surface area contributed by atoms with E-state index in [2.05, 4.69) is 22.4 Å². The van der Waals surface area contributed by atoms with Gasteiger partial charge in [-0.2, -0.15) is 0 Å². The normalized spacial score (nSPS) is 12.2. The Bertz CT molecular complexity index is 987. The molecule has 4 aromatic rings. The summed E-state index contributed by atoms with van der Waals surface area (Å²) < 4.78 is 1.94. The number of fused-ring (bicyclic) bond motifs is 1. The molecule has 2 N–H and O–H groups in total. The van der Waals surface area contributed by atoms with Crippen LogP contribution in [0.4, 0.5) is 0 Å². The number of hydrogen-bond acceptors (Lipinski definition) is 1. The number of aromatic nitrogens is 2. The third kappa shape index (κ3) is 3.26. The maximum absolute atomic E-state index is 12.9. The number of carbonyl (C=O) groups excluding carboxylic acids is 1. The third-order valence-corrected chi connectivity index (χ3v) is 4.66. The van der Waals surface area contributed by atoms with Crippen molar-refractivity contribution in [1.29, 1.82) is 0 Å². The Morgan fingerprint density at radius 1 is 0.962 bits per heavy atom. The van der Waals surface area contributed by atoms with Crippen LogP contribution in [0, 0.1) is 0 Å². The molecule has 0 aliphatic rings. The molecule has 26 heavy (non-hydrogen) atoms. The fourth-order valence-electron chi connectivity index (χ4n) is 3.37. The van der Waals surface area contributed by atoms with Crippen LogP contribution in [0.2, 0.25) is 0 Å². The molecule has 0 saturated carbocycles. The van der Waals surface area contributed by atoms with Gasteiger partial charge in [-0.25, -0.2) is 0 Å². The van der Waals surface area contributed by atoms with Gasteiger partial charge in [-0.05, 0) is 35.7 Å². The number of hydrogen-bond donors (Lipinski definition) is 2. The van der Waals surface area contributed by atoms with Gasteiger partial charge in [0.2, 0.25) is 5.91 Å². The zero-order valence-electron chi connectivity index (χ0n) is 14.4. The number of aromatic amines is 1. The molecular formula is C22H21N3O. The highest BCUT2D eigenvalue weighted by atomic mass is 16.2. The van der Waals surface area contributed by atoms with Gasteiger partial charge in [0, 0.05) is 36.0 Å². The lowest BCUT2D eigenvalue weighted by molar-refractivity contribution is -0.123. The van der Waals surface area contributed by atoms with Gasteiger partial charge >= 0.3 is 0 Å². The monoisotopic (exact) mass is 343 g/mol. The molecule has 2 heterocycles. The number of nitrogens with one attached hydrogen (secondary N) is 2. The van der Waals surface area contributed by atoms with E-state index in [0.29, 0.717) is 6.54 Å². The van der Waals surface area contributed by atoms with Crippen molar-refractivity contribution in [3.8, 4) is 0 Å². The second kappa shape index (κ2) is 7.31. The zero-order valence-corrected chi connectivity index (χ0v) is 14.4. The average Bonchev–Trinajstić information content (AvgIpc) is 3.34. The standard InChI is InChI=1S/C22H21N3O/c26-22(21(25-14-6-7-15-25)17-8-2-1-3-9-17)23-13-12-18-16-24-20-11-5-4-10-19(18)20/h1-11,14-16,21,24H,12-13H2,(H,23,26)/t21-/m0/s1. The number of carbonyl (C=O) groups is 1. The molecule has 0 aliphatic carbocycles. The number of amides is 1. The topological polar surface area (TPSA) is 49.8 Å². The Kier molecular flexibility index (Phi) is 4.56. The number of nitrogens with zero attached hydrogens (tertiary/aromatic N) is 1. The first-order valence-electron chi connectivity index (χ1n) is 8.83. The van der Waals surface area contributed by atoms with Crippen LogP contribution in [0.3, 0.4) is 0 Å². The van der Waals surface area contributed by atoms with Gasteiger partial charge in [0.15, 0.2) is 0 Å². The van der Waals surface area contributed by atoms with E-state index in [1.807, 2.05) is 77.8 Å². The van der Waals surface area contributed by atoms with Gasteiger partial charge in [-0.3, -0.25) is 4.79 Å². The molecule has 0 fully saturated rings. The van der Waals surface area contributed by atoms with Gasteiger partial charge < -0.3 is 14.9 Å². The predicted octanol–water partition coefficient (Wildman–Crippen LogP) is 3.92. The van der Waals surface area contributed by atoms with E-state index in [1.54, 1.807) is 0 Å². The molecule has 4 heteroatoms. The van der Waals surface area contributed by atoms with Gasteiger partial charge in [0.05, 0.1) is 0 Å². The van der Waals surface area contributed by atoms with Crippen molar-refractivity contribution in [2.45, 2.75) is 12.5 Å². The summed E-state index contributed by atoms with van der Waals surface area (Å²) >= 11 is 0. The molecule has 0 unspecified atom stereocenters. The third-order valence-electron chi connectivity index (χ3n) is 4.66. The number of benzene rings is 2. The van der Waals surface area contributed by atoms with Crippen LogP contribution < -0.4 is 5.32 Å². The van der Waals surface area contributed by atoms with Crippen LogP contribution in [-0.2, 0) is 11.2 Å². The van der Waals surface area contributed by atoms with Crippen molar-refractivity contribution in [3.63, 3.8) is 0 Å². The van der Waals surface area contributed by atoms with Crippen molar-refractivity contribution in [1.82, 2.24) is 14.9 Å². The van der Waals surface area contributed by atoms with E-state index >= 15 is 0 Å². The van der Waals surface area contributed by atoms with Gasteiger partial charge in [-0.15, -0.1) is 0 Å². The summed E-state index contributed by atoms with van der Waals surface area (Å²) in [4.78, 5) is 16.2. The molecule has 0 saturated heterocycles. The van der Waals surface area contributed by atoms with Crippen molar-refractivity contribution >= 4 is 16.8 Å². The summed E-state index contributed by atoms with van der Waals surface area (Å²) in [5.41, 5.74) is 3.33. The molecule has 130 valence electrons. The maximum atomic E-state index is 12.9. The van der Waals surface area contributed by atoms with Crippen molar-refractivity contribution in [2.24, 2.45) is 0 Å². The first kappa shape index (κ1) is 16.2. The summed E-state index contributed by atoms with van der Waals surface area (Å²) in [5, 5.41) is 4.31. The van der Waals surface area contributed by atoms with Gasteiger partial charge in [0.1, 0.15) is 6.04 Å². The summed E-state index contributed by atoms with van der Waals surface area (Å²) in [6.45, 7) is 0.602. The fourth-order valence-corrected chi connectivity index (χ4v) is 3.37. The minimum Gasteiger partial charge on any atom is -0.361 e. The van der Waals surface area contributed by atoms with Crippen molar-refractivity contribution < 1.29 is 4.79 Å². The largest absolute Gasteiger partial charge is 0.361 e. The minimum atomic E-state index is -0.353. The Hall–Kier alpha value is -3.27. The highest BCUT2D eigenvalue weighted by Crippen LogP contribution is 2.20. The van der Waals surface area contributed by atoms with E-state index in [9.17, 15) is 4.79 Å². The lowest BCUT2D eigenvalue weighted by Gasteiger charge is -2.19. The average molecular weight is 343 g/mol. The Morgan fingerprint density at radius 3 is 2.50 bits per heavy atom. The smallest absolute Gasteiger partial charge is 0.247 e. The van der Waals surface area contributed by atoms with E-state index in [4.69, 9.17) is 0 Å². The van der Waals surface area contributed by atoms with Gasteiger partial charge in [0.25, 0.3) is 0 Å². The van der Waals surface area contributed by atoms with Crippen molar-refractivity contribution in [2.75, 3.05) is 6.54 Å². The molecule has 4 nitrogen and oxygen atoms in total. The quantitative estimate of drug-likeness (QED) is 0.548. The van der Waals surface area contributed by atoms with Crippen molar-refractivity contribution in [3.05, 3.63) is 96.4 Å². The summed E-state index contributed by atoms with van der Waals surface area (Å²) in [6.07, 6.45) is 6.67. The second-order valence-corrected chi connectivity index (χ2v) is 6.34. The van der Waals surface area contributed by atoms with Crippen LogP contribution >= 0.6 is 0 Å². The van der Waals surface area contributed by atoms with E-state index < -0.39 is 0 Å². The lowest BCUT2D eigenvalue weighted by Crippen LogP contribution is -2.34. The number of H-pyrrole nitrogens is 1. The fraction of sp³-hybridized carbons (Fsp3) is 0.136. The number of rotatable bonds is 6. The van der Waals surface area contributed by atoms with Crippen LogP contribution in [0.5, 0.6) is 0 Å². The second-order valence-electron chi connectivity index (χ2n) is 6.34. The molecule has 0 spiro atoms. The molecule has 0 radical (unpaired) electrons. The van der Waals surface area contributed by atoms with E-state index in [0.717, 1.165) is 17.5 Å². The molecule has 1 atom stereocenters.